The smallest absolute Gasteiger partial charge is 0.0132 e. The average molecular weight is 249 g/mol. The summed E-state index contributed by atoms with van der Waals surface area (Å²) in [5.41, 5.74) is 7.87. The maximum atomic E-state index is 2.50. The number of allylic oxidation sites excluding steroid dienone is 4. The second kappa shape index (κ2) is 4.72. The van der Waals surface area contributed by atoms with E-state index in [1.54, 1.807) is 0 Å². The lowest BCUT2D eigenvalue weighted by atomic mass is 9.98. The third-order valence-corrected chi connectivity index (χ3v) is 4.53. The van der Waals surface area contributed by atoms with Gasteiger partial charge in [0.15, 0.2) is 0 Å². The Labute approximate surface area is 103 Å². The highest BCUT2D eigenvalue weighted by Gasteiger charge is 2.07. The molecule has 0 bridgehead atoms. The predicted molar refractivity (Wildman–Crippen MR) is 80.6 cm³/mol. The van der Waals surface area contributed by atoms with Gasteiger partial charge in [0.05, 0.1) is 0 Å². The maximum Gasteiger partial charge on any atom is 0.0132 e. The summed E-state index contributed by atoms with van der Waals surface area (Å²) in [4.78, 5) is 0. The first-order valence-corrected chi connectivity index (χ1v) is 13.1. The lowest BCUT2D eigenvalue weighted by Gasteiger charge is -2.35. The predicted octanol–water partition coefficient (Wildman–Crippen LogP) is 4.57. The van der Waals surface area contributed by atoms with Crippen LogP contribution in [0, 0.1) is 12.8 Å². The first-order valence-electron chi connectivity index (χ1n) is 5.98. The molecule has 16 heavy (non-hydrogen) atoms. The Kier molecular flexibility index (Phi) is 3.97. The molecule has 0 unspecified atom stereocenters. The van der Waals surface area contributed by atoms with Gasteiger partial charge < -0.3 is 0 Å². The molecule has 0 heterocycles. The minimum atomic E-state index is -1.13. The summed E-state index contributed by atoms with van der Waals surface area (Å²) in [6.07, 6.45) is 8.80. The zero-order valence-electron chi connectivity index (χ0n) is 11.5. The third-order valence-electron chi connectivity index (χ3n) is 2.17. The molecule has 0 saturated heterocycles. The number of hydrogen-bond acceptors (Lipinski definition) is 0. The summed E-state index contributed by atoms with van der Waals surface area (Å²) in [5, 5.41) is 0. The largest absolute Gasteiger partial charge is 0.239 e. The van der Waals surface area contributed by atoms with Crippen molar-refractivity contribution in [3.8, 4) is 0 Å². The van der Waals surface area contributed by atoms with Crippen molar-refractivity contribution in [2.24, 2.45) is 0 Å². The van der Waals surface area contributed by atoms with Gasteiger partial charge in [-0.25, -0.2) is 47.5 Å². The fourth-order valence-electron chi connectivity index (χ4n) is 1.71. The van der Waals surface area contributed by atoms with E-state index in [9.17, 15) is 0 Å². The van der Waals surface area contributed by atoms with Crippen LogP contribution in [0.4, 0.5) is 0 Å². The molecule has 0 aromatic carbocycles. The van der Waals surface area contributed by atoms with Crippen molar-refractivity contribution in [1.82, 2.24) is 0 Å². The van der Waals surface area contributed by atoms with Gasteiger partial charge in [-0.05, 0) is 0 Å². The third kappa shape index (κ3) is 4.95. The maximum absolute atomic E-state index is 2.50. The summed E-state index contributed by atoms with van der Waals surface area (Å²) in [5.74, 6) is 0. The van der Waals surface area contributed by atoms with Crippen molar-refractivity contribution < 1.29 is 0 Å². The van der Waals surface area contributed by atoms with E-state index in [4.69, 9.17) is 0 Å². The van der Waals surface area contributed by atoms with Crippen LogP contribution in [0.1, 0.15) is 0 Å². The summed E-state index contributed by atoms with van der Waals surface area (Å²) in [6.45, 7) is 14.3. The second-order valence-corrected chi connectivity index (χ2v) is 16.7. The van der Waals surface area contributed by atoms with Crippen molar-refractivity contribution in [3.05, 3.63) is 47.5 Å². The van der Waals surface area contributed by atoms with Crippen LogP contribution in [0.2, 0.25) is 39.3 Å². The minimum Gasteiger partial charge on any atom is -0.239 e. The molecule has 1 rings (SSSR count). The zero-order valence-corrected chi connectivity index (χ0v) is 13.5. The molecule has 0 aromatic heterocycles. The highest BCUT2D eigenvalue weighted by molar-refractivity contribution is 6.82. The van der Waals surface area contributed by atoms with Crippen molar-refractivity contribution in [1.29, 1.82) is 0 Å². The van der Waals surface area contributed by atoms with Gasteiger partial charge in [0.25, 0.3) is 0 Å². The van der Waals surface area contributed by atoms with Crippen LogP contribution in [-0.2, 0) is 0 Å². The van der Waals surface area contributed by atoms with E-state index in [1.807, 2.05) is 0 Å². The second-order valence-electron chi connectivity index (χ2n) is 6.65. The molecule has 2 heteroatoms. The normalized spacial score (nSPS) is 22.1. The average Bonchev–Trinajstić information content (AvgIpc) is 2.03. The van der Waals surface area contributed by atoms with Crippen LogP contribution in [0.15, 0.2) is 34.7 Å². The Bertz CT molecular complexity index is 299. The number of rotatable bonds is 2. The molecule has 90 valence electrons. The summed E-state index contributed by atoms with van der Waals surface area (Å²) in [7, 11) is -2.27. The van der Waals surface area contributed by atoms with Crippen molar-refractivity contribution >= 4 is 16.1 Å². The van der Waals surface area contributed by atoms with Crippen molar-refractivity contribution in [2.45, 2.75) is 39.3 Å². The molecular formula is C14H24Si2-2. The van der Waals surface area contributed by atoms with E-state index < -0.39 is 16.1 Å². The lowest BCUT2D eigenvalue weighted by molar-refractivity contribution is 1.37. The van der Waals surface area contributed by atoms with Crippen LogP contribution >= 0.6 is 0 Å². The van der Waals surface area contributed by atoms with E-state index in [-0.39, 0.29) is 0 Å². The van der Waals surface area contributed by atoms with Gasteiger partial charge in [0.2, 0.25) is 0 Å². The molecule has 0 aliphatic heterocycles. The molecule has 0 spiro atoms. The lowest BCUT2D eigenvalue weighted by Crippen LogP contribution is -2.20. The first-order chi connectivity index (χ1) is 7.17. The van der Waals surface area contributed by atoms with E-state index >= 15 is 0 Å². The molecule has 1 aliphatic carbocycles. The monoisotopic (exact) mass is 248 g/mol. The Morgan fingerprint density at radius 1 is 0.750 bits per heavy atom. The fourth-order valence-corrected chi connectivity index (χ4v) is 4.10. The highest BCUT2D eigenvalue weighted by atomic mass is 28.3. The quantitative estimate of drug-likeness (QED) is 0.496. The molecule has 0 nitrogen and oxygen atoms in total. The molecule has 0 amide bonds. The van der Waals surface area contributed by atoms with Crippen LogP contribution in [0.25, 0.3) is 0 Å². The molecule has 0 N–H and O–H groups in total. The molecule has 0 saturated carbocycles. The van der Waals surface area contributed by atoms with Gasteiger partial charge >= 0.3 is 0 Å². The fraction of sp³-hybridized carbons (Fsp3) is 0.429. The topological polar surface area (TPSA) is 0 Å². The van der Waals surface area contributed by atoms with Gasteiger partial charge in [-0.1, -0.05) is 39.3 Å². The van der Waals surface area contributed by atoms with Gasteiger partial charge in [-0.2, -0.15) is 0 Å². The number of hydrogen-bond donors (Lipinski definition) is 0. The first kappa shape index (κ1) is 13.5. The Morgan fingerprint density at radius 2 is 1.06 bits per heavy atom. The Morgan fingerprint density at radius 3 is 1.31 bits per heavy atom. The Balaban J connectivity index is 3.03. The summed E-state index contributed by atoms with van der Waals surface area (Å²) < 4.78 is 0. The van der Waals surface area contributed by atoms with Crippen molar-refractivity contribution in [2.75, 3.05) is 0 Å². The molecule has 0 aromatic rings. The van der Waals surface area contributed by atoms with Crippen LogP contribution in [-0.4, -0.2) is 16.1 Å². The van der Waals surface area contributed by atoms with Crippen LogP contribution in [0.5, 0.6) is 0 Å². The minimum absolute atomic E-state index is 1.13. The molecule has 1 aliphatic rings. The van der Waals surface area contributed by atoms with Crippen LogP contribution < -0.4 is 0 Å². The van der Waals surface area contributed by atoms with Gasteiger partial charge in [-0.3, -0.25) is 0 Å². The molecule has 0 atom stereocenters. The summed E-state index contributed by atoms with van der Waals surface area (Å²) in [6, 6.07) is 0. The van der Waals surface area contributed by atoms with Gasteiger partial charge in [0, 0.05) is 16.1 Å². The summed E-state index contributed by atoms with van der Waals surface area (Å²) >= 11 is 0. The standard InChI is InChI=1S/C14H24Si2/c1-15(2,3)11-13-9-7-8-10-14(13)12-16(4,5)6/h7-12H,1-6H3/q-2/b13-11+,14-12+. The van der Waals surface area contributed by atoms with E-state index in [1.165, 1.54) is 11.1 Å². The van der Waals surface area contributed by atoms with Gasteiger partial charge in [-0.15, -0.1) is 0 Å². The SMILES string of the molecule is C[Si](C)(C)/C=C1\[CH-]C=C[CH-]\C1=C/[Si](C)(C)C. The van der Waals surface area contributed by atoms with Gasteiger partial charge in [0.1, 0.15) is 0 Å². The van der Waals surface area contributed by atoms with E-state index in [0.717, 1.165) is 0 Å². The highest BCUT2D eigenvalue weighted by Crippen LogP contribution is 2.26. The van der Waals surface area contributed by atoms with E-state index in [2.05, 4.69) is 75.7 Å². The van der Waals surface area contributed by atoms with Crippen LogP contribution in [0.3, 0.4) is 0 Å². The molecular weight excluding hydrogens is 224 g/mol. The molecule has 0 radical (unpaired) electrons. The van der Waals surface area contributed by atoms with E-state index in [0.29, 0.717) is 0 Å². The van der Waals surface area contributed by atoms with Crippen molar-refractivity contribution in [3.63, 3.8) is 0 Å². The Hall–Kier alpha value is -0.606. The molecule has 0 fully saturated rings. The zero-order chi connectivity index (χ0) is 12.4.